The quantitative estimate of drug-likeness (QED) is 0.890. The highest BCUT2D eigenvalue weighted by molar-refractivity contribution is 5.93. The van der Waals surface area contributed by atoms with Gasteiger partial charge < -0.3 is 10.1 Å². The molecule has 1 aliphatic rings. The maximum absolute atomic E-state index is 12.1. The Morgan fingerprint density at radius 1 is 1.33 bits per heavy atom. The van der Waals surface area contributed by atoms with Crippen molar-refractivity contribution in [3.05, 3.63) is 36.0 Å². The number of aromatic amines is 1. The second kappa shape index (κ2) is 5.51. The number of halogens is 2. The molecule has 0 aliphatic heterocycles. The van der Waals surface area contributed by atoms with Crippen LogP contribution < -0.4 is 10.1 Å². The number of alkyl halides is 2. The first kappa shape index (κ1) is 13.5. The molecule has 1 aliphatic carbocycles. The van der Waals surface area contributed by atoms with Gasteiger partial charge in [0.2, 0.25) is 0 Å². The van der Waals surface area contributed by atoms with Crippen molar-refractivity contribution < 1.29 is 18.3 Å². The van der Waals surface area contributed by atoms with E-state index in [1.807, 2.05) is 0 Å². The number of aromatic nitrogens is 2. The number of nitrogens with one attached hydrogen (secondary N) is 2. The van der Waals surface area contributed by atoms with E-state index < -0.39 is 6.61 Å². The summed E-state index contributed by atoms with van der Waals surface area (Å²) in [6, 6.07) is 7.98. The maximum Gasteiger partial charge on any atom is 0.387 e. The maximum atomic E-state index is 12.1. The number of benzene rings is 1. The minimum absolute atomic E-state index is 0.0796. The average Bonchev–Trinajstić information content (AvgIpc) is 3.12. The standard InChI is InChI=1S/C14H13F2N3O2/c15-14(16)21-10-5-1-8(2-6-10)11-7-12(19-18-11)13(20)17-9-3-4-9/h1-2,5-7,9,14H,3-4H2,(H,17,20)(H,18,19). The molecule has 0 bridgehead atoms. The first-order valence-corrected chi connectivity index (χ1v) is 6.53. The summed E-state index contributed by atoms with van der Waals surface area (Å²) in [5.74, 6) is -0.107. The van der Waals surface area contributed by atoms with Crippen LogP contribution in [0.5, 0.6) is 5.75 Å². The zero-order valence-electron chi connectivity index (χ0n) is 11.0. The Kier molecular flexibility index (Phi) is 3.55. The van der Waals surface area contributed by atoms with Crippen LogP contribution in [0.15, 0.2) is 30.3 Å². The van der Waals surface area contributed by atoms with Crippen molar-refractivity contribution in [3.8, 4) is 17.0 Å². The van der Waals surface area contributed by atoms with E-state index in [-0.39, 0.29) is 17.7 Å². The van der Waals surface area contributed by atoms with Gasteiger partial charge in [-0.05, 0) is 43.2 Å². The lowest BCUT2D eigenvalue weighted by molar-refractivity contribution is -0.0498. The zero-order valence-corrected chi connectivity index (χ0v) is 11.0. The number of amides is 1. The lowest BCUT2D eigenvalue weighted by atomic mass is 10.1. The number of hydrogen-bond donors (Lipinski definition) is 2. The third-order valence-corrected chi connectivity index (χ3v) is 3.11. The molecule has 1 amide bonds. The third-order valence-electron chi connectivity index (χ3n) is 3.11. The Morgan fingerprint density at radius 2 is 2.05 bits per heavy atom. The molecule has 1 saturated carbocycles. The molecule has 21 heavy (non-hydrogen) atoms. The molecule has 1 heterocycles. The van der Waals surface area contributed by atoms with E-state index in [9.17, 15) is 13.6 Å². The van der Waals surface area contributed by atoms with Gasteiger partial charge in [-0.1, -0.05) is 0 Å². The molecule has 110 valence electrons. The van der Waals surface area contributed by atoms with Crippen LogP contribution in [-0.2, 0) is 0 Å². The molecule has 3 rings (SSSR count). The van der Waals surface area contributed by atoms with Crippen LogP contribution in [0.25, 0.3) is 11.3 Å². The summed E-state index contributed by atoms with van der Waals surface area (Å²) in [6.45, 7) is -2.85. The lowest BCUT2D eigenvalue weighted by Crippen LogP contribution is -2.25. The number of ether oxygens (including phenoxy) is 1. The fourth-order valence-corrected chi connectivity index (χ4v) is 1.88. The van der Waals surface area contributed by atoms with Crippen molar-refractivity contribution in [1.29, 1.82) is 0 Å². The number of carbonyl (C=O) groups is 1. The van der Waals surface area contributed by atoms with E-state index in [1.165, 1.54) is 12.1 Å². The van der Waals surface area contributed by atoms with Gasteiger partial charge in [0.15, 0.2) is 0 Å². The number of hydrogen-bond acceptors (Lipinski definition) is 3. The van der Waals surface area contributed by atoms with Crippen molar-refractivity contribution >= 4 is 5.91 Å². The van der Waals surface area contributed by atoms with Crippen molar-refractivity contribution in [2.45, 2.75) is 25.5 Å². The van der Waals surface area contributed by atoms with Crippen LogP contribution in [0.1, 0.15) is 23.3 Å². The second-order valence-electron chi connectivity index (χ2n) is 4.82. The van der Waals surface area contributed by atoms with Crippen molar-refractivity contribution in [3.63, 3.8) is 0 Å². The monoisotopic (exact) mass is 293 g/mol. The summed E-state index contributed by atoms with van der Waals surface area (Å²) in [4.78, 5) is 11.8. The minimum atomic E-state index is -2.85. The molecule has 1 fully saturated rings. The fourth-order valence-electron chi connectivity index (χ4n) is 1.88. The van der Waals surface area contributed by atoms with Crippen LogP contribution >= 0.6 is 0 Å². The molecule has 0 saturated heterocycles. The van der Waals surface area contributed by atoms with Crippen LogP contribution in [0.2, 0.25) is 0 Å². The molecule has 2 aromatic rings. The van der Waals surface area contributed by atoms with E-state index in [4.69, 9.17) is 0 Å². The van der Waals surface area contributed by atoms with Crippen LogP contribution in [0.4, 0.5) is 8.78 Å². The molecule has 1 aromatic heterocycles. The first-order chi connectivity index (χ1) is 10.1. The Bertz CT molecular complexity index is 636. The van der Waals surface area contributed by atoms with E-state index >= 15 is 0 Å². The van der Waals surface area contributed by atoms with Gasteiger partial charge in [0, 0.05) is 11.6 Å². The predicted molar refractivity (Wildman–Crippen MR) is 71.1 cm³/mol. The van der Waals surface area contributed by atoms with Gasteiger partial charge in [0.1, 0.15) is 11.4 Å². The van der Waals surface area contributed by atoms with Crippen molar-refractivity contribution in [2.24, 2.45) is 0 Å². The molecular weight excluding hydrogens is 280 g/mol. The smallest absolute Gasteiger partial charge is 0.387 e. The van der Waals surface area contributed by atoms with E-state index in [1.54, 1.807) is 18.2 Å². The van der Waals surface area contributed by atoms with Crippen LogP contribution in [0, 0.1) is 0 Å². The van der Waals surface area contributed by atoms with Gasteiger partial charge in [-0.25, -0.2) is 0 Å². The highest BCUT2D eigenvalue weighted by Gasteiger charge is 2.24. The van der Waals surface area contributed by atoms with Crippen LogP contribution in [-0.4, -0.2) is 28.8 Å². The summed E-state index contributed by atoms with van der Waals surface area (Å²) in [7, 11) is 0. The summed E-state index contributed by atoms with van der Waals surface area (Å²) in [5, 5.41) is 9.57. The van der Waals surface area contributed by atoms with Crippen LogP contribution in [0.3, 0.4) is 0 Å². The Morgan fingerprint density at radius 3 is 2.67 bits per heavy atom. The van der Waals surface area contributed by atoms with E-state index in [0.717, 1.165) is 12.8 Å². The highest BCUT2D eigenvalue weighted by Crippen LogP contribution is 2.23. The molecule has 0 radical (unpaired) electrons. The van der Waals surface area contributed by atoms with Crippen molar-refractivity contribution in [1.82, 2.24) is 15.5 Å². The van der Waals surface area contributed by atoms with Gasteiger partial charge in [0.25, 0.3) is 5.91 Å². The average molecular weight is 293 g/mol. The van der Waals surface area contributed by atoms with Gasteiger partial charge in [-0.2, -0.15) is 13.9 Å². The predicted octanol–water partition coefficient (Wildman–Crippen LogP) is 2.57. The van der Waals surface area contributed by atoms with E-state index in [2.05, 4.69) is 20.3 Å². The van der Waals surface area contributed by atoms with Gasteiger partial charge in [-0.15, -0.1) is 0 Å². The summed E-state index contributed by atoms with van der Waals surface area (Å²) in [6.07, 6.45) is 2.02. The zero-order chi connectivity index (χ0) is 14.8. The Balaban J connectivity index is 1.71. The molecule has 0 unspecified atom stereocenters. The largest absolute Gasteiger partial charge is 0.435 e. The number of rotatable bonds is 5. The van der Waals surface area contributed by atoms with Gasteiger partial charge in [0.05, 0.1) is 5.69 Å². The lowest BCUT2D eigenvalue weighted by Gasteiger charge is -2.04. The molecule has 0 spiro atoms. The Hall–Kier alpha value is -2.44. The summed E-state index contributed by atoms with van der Waals surface area (Å²) < 4.78 is 28.4. The minimum Gasteiger partial charge on any atom is -0.435 e. The molecule has 0 atom stereocenters. The summed E-state index contributed by atoms with van der Waals surface area (Å²) >= 11 is 0. The topological polar surface area (TPSA) is 67.0 Å². The number of nitrogens with zero attached hydrogens (tertiary/aromatic N) is 1. The first-order valence-electron chi connectivity index (χ1n) is 6.53. The number of carbonyl (C=O) groups excluding carboxylic acids is 1. The normalized spacial score (nSPS) is 14.2. The second-order valence-corrected chi connectivity index (χ2v) is 4.82. The molecule has 1 aromatic carbocycles. The van der Waals surface area contributed by atoms with Gasteiger partial charge >= 0.3 is 6.61 Å². The fraction of sp³-hybridized carbons (Fsp3) is 0.286. The molecular formula is C14H13F2N3O2. The molecule has 2 N–H and O–H groups in total. The van der Waals surface area contributed by atoms with E-state index in [0.29, 0.717) is 17.0 Å². The van der Waals surface area contributed by atoms with Crippen molar-refractivity contribution in [2.75, 3.05) is 0 Å². The summed E-state index contributed by atoms with van der Waals surface area (Å²) in [5.41, 5.74) is 1.66. The SMILES string of the molecule is O=C(NC1CC1)c1cc(-c2ccc(OC(F)F)cc2)n[nH]1. The third kappa shape index (κ3) is 3.36. The van der Waals surface area contributed by atoms with Gasteiger partial charge in [-0.3, -0.25) is 9.89 Å². The highest BCUT2D eigenvalue weighted by atomic mass is 19.3. The molecule has 5 nitrogen and oxygen atoms in total. The number of H-pyrrole nitrogens is 1. The molecule has 7 heteroatoms. The Labute approximate surface area is 119 Å².